The molecular formula is C32H36F3N7O2S2. The molecule has 0 spiro atoms. The number of sulfonamides is 1. The van der Waals surface area contributed by atoms with Crippen LogP contribution < -0.4 is 10.0 Å². The molecule has 3 aliphatic carbocycles. The molecule has 9 nitrogen and oxygen atoms in total. The SMILES string of the molecule is CCS(=O)(=O)NC12CC(Cn3c(C#N)cc4c(C)c(CN5CCC(Nc6ncnc7sc(CC(F)(F)F)cc67)CC5)ccc43)(C1)C2. The van der Waals surface area contributed by atoms with Gasteiger partial charge in [-0.25, -0.2) is 23.1 Å². The van der Waals surface area contributed by atoms with E-state index in [0.717, 1.165) is 79.5 Å². The van der Waals surface area contributed by atoms with Crippen LogP contribution in [-0.4, -0.2) is 64.5 Å². The van der Waals surface area contributed by atoms with Crippen LogP contribution >= 0.6 is 11.3 Å². The monoisotopic (exact) mass is 671 g/mol. The van der Waals surface area contributed by atoms with Crippen molar-refractivity contribution in [3.8, 4) is 6.07 Å². The van der Waals surface area contributed by atoms with Crippen LogP contribution in [0.2, 0.25) is 0 Å². The van der Waals surface area contributed by atoms with Crippen LogP contribution in [0, 0.1) is 23.7 Å². The summed E-state index contributed by atoms with van der Waals surface area (Å²) in [5.41, 5.74) is 3.77. The summed E-state index contributed by atoms with van der Waals surface area (Å²) in [5.74, 6) is 0.669. The van der Waals surface area contributed by atoms with Crippen LogP contribution in [0.15, 0.2) is 30.6 Å². The number of benzene rings is 1. The maximum absolute atomic E-state index is 12.9. The number of thiophene rings is 1. The number of hydrogen-bond donors (Lipinski definition) is 2. The molecule has 8 rings (SSSR count). The van der Waals surface area contributed by atoms with Gasteiger partial charge in [0, 0.05) is 53.5 Å². The van der Waals surface area contributed by atoms with E-state index in [0.29, 0.717) is 28.3 Å². The normalized spacial score (nSPS) is 23.7. The first kappa shape index (κ1) is 31.4. The summed E-state index contributed by atoms with van der Waals surface area (Å²) in [7, 11) is -3.24. The fourth-order valence-corrected chi connectivity index (χ4v) is 9.99. The lowest BCUT2D eigenvalue weighted by atomic mass is 9.40. The molecule has 1 saturated heterocycles. The first-order valence-corrected chi connectivity index (χ1v) is 18.1. The minimum absolute atomic E-state index is 0.0328. The molecule has 0 unspecified atom stereocenters. The maximum atomic E-state index is 12.9. The molecule has 14 heteroatoms. The number of piperidine rings is 1. The van der Waals surface area contributed by atoms with Gasteiger partial charge >= 0.3 is 6.18 Å². The third kappa shape index (κ3) is 5.87. The van der Waals surface area contributed by atoms with Crippen molar-refractivity contribution in [3.63, 3.8) is 0 Å². The Morgan fingerprint density at radius 1 is 1.13 bits per heavy atom. The fraction of sp³-hybridized carbons (Fsp3) is 0.531. The second-order valence-electron chi connectivity index (χ2n) is 13.5. The number of fused-ring (bicyclic) bond motifs is 2. The topological polar surface area (TPSA) is 116 Å². The zero-order chi connectivity index (χ0) is 32.5. The van der Waals surface area contributed by atoms with Crippen LogP contribution in [-0.2, 0) is 29.5 Å². The van der Waals surface area contributed by atoms with Gasteiger partial charge in [0.1, 0.15) is 28.7 Å². The number of aromatic nitrogens is 3. The summed E-state index contributed by atoms with van der Waals surface area (Å²) in [6.45, 7) is 6.99. The molecule has 2 bridgehead atoms. The molecule has 244 valence electrons. The number of likely N-dealkylation sites (tertiary alicyclic amines) is 1. The van der Waals surface area contributed by atoms with Gasteiger partial charge in [-0.15, -0.1) is 11.3 Å². The highest BCUT2D eigenvalue weighted by atomic mass is 32.2. The zero-order valence-electron chi connectivity index (χ0n) is 25.7. The van der Waals surface area contributed by atoms with E-state index in [1.165, 1.54) is 11.9 Å². The largest absolute Gasteiger partial charge is 0.393 e. The van der Waals surface area contributed by atoms with E-state index in [1.807, 2.05) is 6.07 Å². The van der Waals surface area contributed by atoms with Crippen molar-refractivity contribution in [2.45, 2.75) is 83.2 Å². The summed E-state index contributed by atoms with van der Waals surface area (Å²) < 4.78 is 68.0. The van der Waals surface area contributed by atoms with E-state index in [1.54, 1.807) is 13.0 Å². The third-order valence-electron chi connectivity index (χ3n) is 10.0. The number of anilines is 1. The van der Waals surface area contributed by atoms with Crippen molar-refractivity contribution in [2.75, 3.05) is 24.2 Å². The lowest BCUT2D eigenvalue weighted by Crippen LogP contribution is -2.75. The van der Waals surface area contributed by atoms with Crippen LogP contribution in [0.25, 0.3) is 21.1 Å². The van der Waals surface area contributed by atoms with Crippen LogP contribution in [0.3, 0.4) is 0 Å². The maximum Gasteiger partial charge on any atom is 0.393 e. The van der Waals surface area contributed by atoms with Crippen LogP contribution in [0.1, 0.15) is 60.7 Å². The van der Waals surface area contributed by atoms with E-state index >= 15 is 0 Å². The highest BCUT2D eigenvalue weighted by Crippen LogP contribution is 2.68. The lowest BCUT2D eigenvalue weighted by Gasteiger charge is -2.70. The first-order valence-electron chi connectivity index (χ1n) is 15.6. The fourth-order valence-electron chi connectivity index (χ4n) is 7.94. The molecule has 2 N–H and O–H groups in total. The van der Waals surface area contributed by atoms with Gasteiger partial charge < -0.3 is 9.88 Å². The quantitative estimate of drug-likeness (QED) is 0.217. The number of nitrogens with zero attached hydrogens (tertiary/aromatic N) is 5. The average molecular weight is 672 g/mol. The summed E-state index contributed by atoms with van der Waals surface area (Å²) in [5, 5.41) is 15.2. The number of aryl methyl sites for hydroxylation is 1. The van der Waals surface area contributed by atoms with Gasteiger partial charge in [0.25, 0.3) is 0 Å². The summed E-state index contributed by atoms with van der Waals surface area (Å²) in [6.07, 6.45) is 0.339. The predicted molar refractivity (Wildman–Crippen MR) is 172 cm³/mol. The molecular weight excluding hydrogens is 636 g/mol. The number of rotatable bonds is 10. The summed E-state index contributed by atoms with van der Waals surface area (Å²) >= 11 is 1.06. The van der Waals surface area contributed by atoms with Gasteiger partial charge in [-0.1, -0.05) is 6.07 Å². The third-order valence-corrected chi connectivity index (χ3v) is 12.6. The van der Waals surface area contributed by atoms with E-state index in [4.69, 9.17) is 0 Å². The Hall–Kier alpha value is -3.25. The molecule has 1 aromatic carbocycles. The van der Waals surface area contributed by atoms with E-state index in [2.05, 4.69) is 54.6 Å². The second kappa shape index (κ2) is 11.2. The van der Waals surface area contributed by atoms with Gasteiger partial charge in [-0.2, -0.15) is 18.4 Å². The van der Waals surface area contributed by atoms with E-state index < -0.39 is 22.6 Å². The predicted octanol–water partition coefficient (Wildman–Crippen LogP) is 5.87. The van der Waals surface area contributed by atoms with Gasteiger partial charge in [0.05, 0.1) is 17.6 Å². The number of nitrogens with one attached hydrogen (secondary N) is 2. The summed E-state index contributed by atoms with van der Waals surface area (Å²) in [6, 6.07) is 10.3. The molecule has 46 heavy (non-hydrogen) atoms. The standard InChI is InChI=1S/C32H36F3N7O2S2/c1-3-46(43,44)40-31-15-30(16-31,17-31)18-42-23(13-36)10-25-20(2)21(4-5-27(25)42)14-41-8-6-22(7-9-41)39-28-26-11-24(12-32(33,34)35)45-29(26)38-19-37-28/h4-5,10-11,19,22,40H,3,6-9,12,14-18H2,1-2H3,(H,37,38,39). The molecule has 4 heterocycles. The molecule has 4 aromatic rings. The van der Waals surface area contributed by atoms with Crippen molar-refractivity contribution >= 4 is 48.3 Å². The zero-order valence-corrected chi connectivity index (χ0v) is 27.4. The smallest absolute Gasteiger partial charge is 0.367 e. The van der Waals surface area contributed by atoms with Crippen molar-refractivity contribution in [2.24, 2.45) is 5.41 Å². The van der Waals surface area contributed by atoms with Crippen molar-refractivity contribution in [1.82, 2.24) is 24.2 Å². The molecule has 0 radical (unpaired) electrons. The Bertz CT molecular complexity index is 1950. The van der Waals surface area contributed by atoms with E-state index in [-0.39, 0.29) is 27.6 Å². The lowest BCUT2D eigenvalue weighted by molar-refractivity contribution is -0.151. The van der Waals surface area contributed by atoms with Crippen LogP contribution in [0.5, 0.6) is 0 Å². The second-order valence-corrected chi connectivity index (χ2v) is 16.6. The van der Waals surface area contributed by atoms with Crippen molar-refractivity contribution < 1.29 is 21.6 Å². The first-order chi connectivity index (χ1) is 21.8. The van der Waals surface area contributed by atoms with Gasteiger partial charge in [-0.05, 0) is 80.7 Å². The van der Waals surface area contributed by atoms with Gasteiger partial charge in [0.2, 0.25) is 10.0 Å². The minimum Gasteiger partial charge on any atom is -0.367 e. The molecule has 3 saturated carbocycles. The molecule has 4 fully saturated rings. The Morgan fingerprint density at radius 3 is 2.54 bits per heavy atom. The molecule has 0 atom stereocenters. The Balaban J connectivity index is 0.989. The van der Waals surface area contributed by atoms with Gasteiger partial charge in [-0.3, -0.25) is 4.90 Å². The summed E-state index contributed by atoms with van der Waals surface area (Å²) in [4.78, 5) is 11.7. The highest BCUT2D eigenvalue weighted by molar-refractivity contribution is 7.89. The number of nitriles is 1. The Labute approximate surface area is 269 Å². The molecule has 4 aliphatic rings. The van der Waals surface area contributed by atoms with Crippen molar-refractivity contribution in [3.05, 3.63) is 52.3 Å². The van der Waals surface area contributed by atoms with Crippen LogP contribution in [0.4, 0.5) is 19.0 Å². The molecule has 1 aliphatic heterocycles. The minimum atomic E-state index is -4.26. The molecule has 3 aromatic heterocycles. The van der Waals surface area contributed by atoms with Gasteiger partial charge in [0.15, 0.2) is 0 Å². The molecule has 0 amide bonds. The Morgan fingerprint density at radius 2 is 1.87 bits per heavy atom. The average Bonchev–Trinajstić information content (AvgIpc) is 3.54. The number of halogens is 3. The number of alkyl halides is 3. The Kier molecular flexibility index (Phi) is 7.62. The van der Waals surface area contributed by atoms with E-state index in [9.17, 15) is 26.9 Å². The number of hydrogen-bond acceptors (Lipinski definition) is 8. The van der Waals surface area contributed by atoms with Crippen molar-refractivity contribution in [1.29, 1.82) is 5.26 Å². The highest BCUT2D eigenvalue weighted by Gasteiger charge is 2.68.